The average Bonchev–Trinajstić information content (AvgIpc) is 2.95. The van der Waals surface area contributed by atoms with Crippen molar-refractivity contribution < 1.29 is 0 Å². The predicted octanol–water partition coefficient (Wildman–Crippen LogP) is 1.74. The van der Waals surface area contributed by atoms with Crippen LogP contribution in [0.15, 0.2) is 6.33 Å². The molecule has 19 heavy (non-hydrogen) atoms. The quantitative estimate of drug-likeness (QED) is 0.607. The number of nitrogens with two attached hydrogens (primary N) is 1. The summed E-state index contributed by atoms with van der Waals surface area (Å²) in [5.74, 6) is 8.82. The highest BCUT2D eigenvalue weighted by molar-refractivity contribution is 4.94. The van der Waals surface area contributed by atoms with Gasteiger partial charge in [0.2, 0.25) is 0 Å². The fourth-order valence-electron chi connectivity index (χ4n) is 3.25. The minimum Gasteiger partial charge on any atom is -0.271 e. The first-order valence-electron chi connectivity index (χ1n) is 7.44. The maximum absolute atomic E-state index is 5.78. The van der Waals surface area contributed by atoms with Crippen molar-refractivity contribution in [3.8, 4) is 0 Å². The van der Waals surface area contributed by atoms with Crippen LogP contribution >= 0.6 is 0 Å². The van der Waals surface area contributed by atoms with E-state index in [-0.39, 0.29) is 0 Å². The van der Waals surface area contributed by atoms with E-state index >= 15 is 0 Å². The van der Waals surface area contributed by atoms with Gasteiger partial charge in [0, 0.05) is 19.0 Å². The first kappa shape index (κ1) is 14.5. The number of nitrogens with one attached hydrogen (secondary N) is 1. The molecular formula is C14H27N5. The summed E-state index contributed by atoms with van der Waals surface area (Å²) in [6.07, 6.45) is 6.44. The Morgan fingerprint density at radius 2 is 2.26 bits per heavy atom. The Hall–Kier alpha value is -0.940. The van der Waals surface area contributed by atoms with Gasteiger partial charge in [-0.1, -0.05) is 33.6 Å². The zero-order chi connectivity index (χ0) is 13.8. The Morgan fingerprint density at radius 3 is 2.84 bits per heavy atom. The minimum atomic E-state index is 0.313. The monoisotopic (exact) mass is 265 g/mol. The third kappa shape index (κ3) is 3.54. The van der Waals surface area contributed by atoms with Crippen LogP contribution in [0.1, 0.15) is 45.9 Å². The molecule has 3 atom stereocenters. The van der Waals surface area contributed by atoms with Crippen molar-refractivity contribution in [1.82, 2.24) is 20.2 Å². The highest BCUT2D eigenvalue weighted by Crippen LogP contribution is 2.34. The number of nitrogens with zero attached hydrogens (tertiary/aromatic N) is 3. The second-order valence-electron chi connectivity index (χ2n) is 6.30. The lowest BCUT2D eigenvalue weighted by Gasteiger charge is -2.26. The van der Waals surface area contributed by atoms with Crippen LogP contribution in [0.4, 0.5) is 0 Å². The molecule has 2 rings (SSSR count). The van der Waals surface area contributed by atoms with E-state index in [4.69, 9.17) is 5.84 Å². The van der Waals surface area contributed by atoms with Gasteiger partial charge in [0.1, 0.15) is 12.2 Å². The molecule has 0 spiro atoms. The molecule has 1 fully saturated rings. The van der Waals surface area contributed by atoms with Crippen molar-refractivity contribution >= 4 is 0 Å². The number of hydrogen-bond donors (Lipinski definition) is 2. The first-order chi connectivity index (χ1) is 9.11. The molecule has 1 aliphatic carbocycles. The molecule has 0 aromatic carbocycles. The molecule has 0 aliphatic heterocycles. The maximum atomic E-state index is 5.78. The Labute approximate surface area is 115 Å². The molecule has 108 valence electrons. The summed E-state index contributed by atoms with van der Waals surface area (Å²) in [4.78, 5) is 4.41. The zero-order valence-corrected chi connectivity index (χ0v) is 12.3. The van der Waals surface area contributed by atoms with E-state index in [1.54, 1.807) is 6.33 Å². The Morgan fingerprint density at radius 1 is 1.47 bits per heavy atom. The van der Waals surface area contributed by atoms with Crippen LogP contribution in [0.3, 0.4) is 0 Å². The van der Waals surface area contributed by atoms with Crippen molar-refractivity contribution in [2.24, 2.45) is 23.6 Å². The Kier molecular flexibility index (Phi) is 4.93. The average molecular weight is 265 g/mol. The molecule has 1 saturated carbocycles. The standard InChI is InChI=1S/C14H27N5/c1-10(2)8-19-14(16-9-17-19)7-13(18-15)12-6-4-5-11(12)3/h9-13,18H,4-8,15H2,1-3H3. The summed E-state index contributed by atoms with van der Waals surface area (Å²) in [6.45, 7) is 7.65. The van der Waals surface area contributed by atoms with Crippen LogP contribution in [-0.2, 0) is 13.0 Å². The van der Waals surface area contributed by atoms with Crippen molar-refractivity contribution in [1.29, 1.82) is 0 Å². The number of aromatic nitrogens is 3. The fraction of sp³-hybridized carbons (Fsp3) is 0.857. The molecule has 1 heterocycles. The third-order valence-corrected chi connectivity index (χ3v) is 4.30. The van der Waals surface area contributed by atoms with Gasteiger partial charge < -0.3 is 0 Å². The van der Waals surface area contributed by atoms with E-state index in [9.17, 15) is 0 Å². The summed E-state index contributed by atoms with van der Waals surface area (Å²) >= 11 is 0. The highest BCUT2D eigenvalue weighted by Gasteiger charge is 2.31. The van der Waals surface area contributed by atoms with Crippen LogP contribution in [0.5, 0.6) is 0 Å². The largest absolute Gasteiger partial charge is 0.271 e. The molecule has 3 unspecified atom stereocenters. The summed E-state index contributed by atoms with van der Waals surface area (Å²) in [6, 6.07) is 0.313. The second kappa shape index (κ2) is 6.48. The summed E-state index contributed by atoms with van der Waals surface area (Å²) in [5, 5.41) is 4.33. The van der Waals surface area contributed by atoms with Gasteiger partial charge in [0.15, 0.2) is 0 Å². The van der Waals surface area contributed by atoms with E-state index in [1.165, 1.54) is 19.3 Å². The van der Waals surface area contributed by atoms with Gasteiger partial charge in [-0.2, -0.15) is 5.10 Å². The van der Waals surface area contributed by atoms with Gasteiger partial charge in [-0.3, -0.25) is 11.3 Å². The fourth-order valence-corrected chi connectivity index (χ4v) is 3.25. The van der Waals surface area contributed by atoms with Crippen molar-refractivity contribution in [3.05, 3.63) is 12.2 Å². The molecule has 1 aliphatic rings. The predicted molar refractivity (Wildman–Crippen MR) is 76.2 cm³/mol. The van der Waals surface area contributed by atoms with Crippen molar-refractivity contribution in [3.63, 3.8) is 0 Å². The van der Waals surface area contributed by atoms with Crippen LogP contribution in [-0.4, -0.2) is 20.8 Å². The topological polar surface area (TPSA) is 68.8 Å². The number of hydrazine groups is 1. The minimum absolute atomic E-state index is 0.313. The molecule has 1 aromatic heterocycles. The summed E-state index contributed by atoms with van der Waals surface area (Å²) in [5.41, 5.74) is 3.01. The molecule has 1 aromatic rings. The molecule has 0 bridgehead atoms. The molecule has 5 heteroatoms. The molecule has 0 radical (unpaired) electrons. The highest BCUT2D eigenvalue weighted by atomic mass is 15.3. The van der Waals surface area contributed by atoms with Gasteiger partial charge in [0.05, 0.1) is 0 Å². The SMILES string of the molecule is CC(C)Cn1ncnc1CC(NN)C1CCCC1C. The molecular weight excluding hydrogens is 238 g/mol. The molecule has 3 N–H and O–H groups in total. The number of hydrogen-bond acceptors (Lipinski definition) is 4. The Bertz CT molecular complexity index is 387. The van der Waals surface area contributed by atoms with E-state index in [2.05, 4.69) is 36.3 Å². The van der Waals surface area contributed by atoms with Crippen LogP contribution in [0, 0.1) is 17.8 Å². The normalized spacial score (nSPS) is 25.1. The third-order valence-electron chi connectivity index (χ3n) is 4.30. The smallest absolute Gasteiger partial charge is 0.138 e. The molecule has 5 nitrogen and oxygen atoms in total. The van der Waals surface area contributed by atoms with Gasteiger partial charge in [-0.05, 0) is 24.2 Å². The van der Waals surface area contributed by atoms with E-state index in [1.807, 2.05) is 4.68 Å². The van der Waals surface area contributed by atoms with E-state index in [0.717, 1.165) is 24.7 Å². The molecule has 0 saturated heterocycles. The van der Waals surface area contributed by atoms with Crippen LogP contribution < -0.4 is 11.3 Å². The van der Waals surface area contributed by atoms with Crippen molar-refractivity contribution in [2.75, 3.05) is 0 Å². The van der Waals surface area contributed by atoms with Crippen molar-refractivity contribution in [2.45, 2.75) is 59.0 Å². The lowest BCUT2D eigenvalue weighted by atomic mass is 9.88. The van der Waals surface area contributed by atoms with Gasteiger partial charge in [-0.25, -0.2) is 9.67 Å². The van der Waals surface area contributed by atoms with Crippen LogP contribution in [0.25, 0.3) is 0 Å². The van der Waals surface area contributed by atoms with Gasteiger partial charge >= 0.3 is 0 Å². The van der Waals surface area contributed by atoms with E-state index in [0.29, 0.717) is 17.9 Å². The lowest BCUT2D eigenvalue weighted by molar-refractivity contribution is 0.290. The van der Waals surface area contributed by atoms with Gasteiger partial charge in [-0.15, -0.1) is 0 Å². The maximum Gasteiger partial charge on any atom is 0.138 e. The number of rotatable bonds is 6. The second-order valence-corrected chi connectivity index (χ2v) is 6.30. The molecule has 0 amide bonds. The van der Waals surface area contributed by atoms with E-state index < -0.39 is 0 Å². The van der Waals surface area contributed by atoms with Gasteiger partial charge in [0.25, 0.3) is 0 Å². The first-order valence-corrected chi connectivity index (χ1v) is 7.44. The lowest BCUT2D eigenvalue weighted by Crippen LogP contribution is -2.44. The Balaban J connectivity index is 2.03. The van der Waals surface area contributed by atoms with Crippen LogP contribution in [0.2, 0.25) is 0 Å². The summed E-state index contributed by atoms with van der Waals surface area (Å²) < 4.78 is 2.02. The summed E-state index contributed by atoms with van der Waals surface area (Å²) in [7, 11) is 0. The zero-order valence-electron chi connectivity index (χ0n) is 12.3.